The van der Waals surface area contributed by atoms with Crippen molar-refractivity contribution in [1.29, 1.82) is 0 Å². The Morgan fingerprint density at radius 1 is 1.13 bits per heavy atom. The van der Waals surface area contributed by atoms with Crippen molar-refractivity contribution in [2.75, 3.05) is 13.1 Å². The number of aromatic nitrogens is 1. The largest absolute Gasteiger partial charge is 0.343 e. The van der Waals surface area contributed by atoms with E-state index < -0.39 is 0 Å². The van der Waals surface area contributed by atoms with Crippen LogP contribution in [-0.4, -0.2) is 28.9 Å². The zero-order valence-electron chi connectivity index (χ0n) is 13.1. The minimum absolute atomic E-state index is 0.239. The van der Waals surface area contributed by atoms with Gasteiger partial charge in [-0.05, 0) is 43.5 Å². The van der Waals surface area contributed by atoms with E-state index in [1.165, 1.54) is 25.0 Å². The molecule has 1 aliphatic rings. The summed E-state index contributed by atoms with van der Waals surface area (Å²) in [5.41, 5.74) is 1.86. The van der Waals surface area contributed by atoms with Crippen LogP contribution in [0.2, 0.25) is 0 Å². The van der Waals surface area contributed by atoms with E-state index in [4.69, 9.17) is 0 Å². The van der Waals surface area contributed by atoms with Crippen molar-refractivity contribution < 1.29 is 9.18 Å². The predicted octanol–water partition coefficient (Wildman–Crippen LogP) is 4.28. The van der Waals surface area contributed by atoms with Crippen LogP contribution in [0.5, 0.6) is 0 Å². The summed E-state index contributed by atoms with van der Waals surface area (Å²) in [6.45, 7) is 1.80. The maximum absolute atomic E-state index is 13.0. The number of halogens is 1. The van der Waals surface area contributed by atoms with Crippen LogP contribution in [0.25, 0.3) is 10.6 Å². The molecule has 0 unspecified atom stereocenters. The quantitative estimate of drug-likeness (QED) is 0.837. The molecule has 1 fully saturated rings. The van der Waals surface area contributed by atoms with Crippen LogP contribution in [0.15, 0.2) is 29.6 Å². The molecule has 2 heterocycles. The summed E-state index contributed by atoms with van der Waals surface area (Å²) in [5.74, 6) is -0.00296. The number of carbonyl (C=O) groups excluding carboxylic acids is 1. The Kier molecular flexibility index (Phi) is 5.39. The Labute approximate surface area is 140 Å². The Balaban J connectivity index is 1.56. The smallest absolute Gasteiger partial charge is 0.222 e. The maximum atomic E-state index is 13.0. The van der Waals surface area contributed by atoms with E-state index in [2.05, 4.69) is 4.98 Å². The SMILES string of the molecule is O=C(CCc1csc(-c2ccc(F)cc2)n1)N1CCCCCC1. The van der Waals surface area contributed by atoms with Crippen molar-refractivity contribution in [2.45, 2.75) is 38.5 Å². The van der Waals surface area contributed by atoms with Crippen LogP contribution in [0.3, 0.4) is 0 Å². The van der Waals surface area contributed by atoms with Crippen molar-refractivity contribution in [1.82, 2.24) is 9.88 Å². The van der Waals surface area contributed by atoms with Crippen LogP contribution in [0.4, 0.5) is 4.39 Å². The highest BCUT2D eigenvalue weighted by atomic mass is 32.1. The average molecular weight is 332 g/mol. The Bertz CT molecular complexity index is 645. The highest BCUT2D eigenvalue weighted by molar-refractivity contribution is 7.13. The number of rotatable bonds is 4. The molecule has 0 atom stereocenters. The summed E-state index contributed by atoms with van der Waals surface area (Å²) in [4.78, 5) is 18.9. The second-order valence-corrected chi connectivity index (χ2v) is 6.80. The zero-order chi connectivity index (χ0) is 16.1. The molecule has 23 heavy (non-hydrogen) atoms. The van der Waals surface area contributed by atoms with Gasteiger partial charge in [-0.1, -0.05) is 12.8 Å². The first kappa shape index (κ1) is 16.1. The Morgan fingerprint density at radius 3 is 2.52 bits per heavy atom. The topological polar surface area (TPSA) is 33.2 Å². The monoisotopic (exact) mass is 332 g/mol. The molecule has 1 aromatic heterocycles. The summed E-state index contributed by atoms with van der Waals surface area (Å²) in [6.07, 6.45) is 5.90. The number of aryl methyl sites for hydroxylation is 1. The van der Waals surface area contributed by atoms with Gasteiger partial charge in [0.05, 0.1) is 5.69 Å². The fourth-order valence-corrected chi connectivity index (χ4v) is 3.72. The standard InChI is InChI=1S/C18H21FN2OS/c19-15-7-5-14(6-8-15)18-20-16(13-23-18)9-10-17(22)21-11-3-1-2-4-12-21/h5-8,13H,1-4,9-12H2. The van der Waals surface area contributed by atoms with Crippen molar-refractivity contribution in [3.8, 4) is 10.6 Å². The van der Waals surface area contributed by atoms with Crippen LogP contribution >= 0.6 is 11.3 Å². The number of carbonyl (C=O) groups is 1. The lowest BCUT2D eigenvalue weighted by molar-refractivity contribution is -0.131. The number of nitrogens with zero attached hydrogens (tertiary/aromatic N) is 2. The van der Waals surface area contributed by atoms with E-state index in [1.807, 2.05) is 10.3 Å². The van der Waals surface area contributed by atoms with Gasteiger partial charge in [-0.2, -0.15) is 0 Å². The van der Waals surface area contributed by atoms with E-state index in [0.29, 0.717) is 12.8 Å². The van der Waals surface area contributed by atoms with E-state index >= 15 is 0 Å². The molecule has 3 rings (SSSR count). The highest BCUT2D eigenvalue weighted by Crippen LogP contribution is 2.24. The van der Waals surface area contributed by atoms with Gasteiger partial charge in [0, 0.05) is 30.5 Å². The number of hydrogen-bond acceptors (Lipinski definition) is 3. The highest BCUT2D eigenvalue weighted by Gasteiger charge is 2.16. The molecule has 1 saturated heterocycles. The van der Waals surface area contributed by atoms with Crippen LogP contribution in [0.1, 0.15) is 37.8 Å². The first-order valence-electron chi connectivity index (χ1n) is 8.20. The molecule has 3 nitrogen and oxygen atoms in total. The molecular formula is C18H21FN2OS. The summed E-state index contributed by atoms with van der Waals surface area (Å²) < 4.78 is 13.0. The molecule has 1 aromatic carbocycles. The van der Waals surface area contributed by atoms with Crippen LogP contribution < -0.4 is 0 Å². The Morgan fingerprint density at radius 2 is 1.83 bits per heavy atom. The van der Waals surface area contributed by atoms with E-state index in [1.54, 1.807) is 23.5 Å². The van der Waals surface area contributed by atoms with Gasteiger partial charge in [-0.25, -0.2) is 9.37 Å². The fraction of sp³-hybridized carbons (Fsp3) is 0.444. The first-order chi connectivity index (χ1) is 11.2. The minimum Gasteiger partial charge on any atom is -0.343 e. The Hall–Kier alpha value is -1.75. The molecule has 0 aliphatic carbocycles. The molecule has 0 N–H and O–H groups in total. The zero-order valence-corrected chi connectivity index (χ0v) is 13.9. The molecule has 0 radical (unpaired) electrons. The summed E-state index contributed by atoms with van der Waals surface area (Å²) in [7, 11) is 0. The summed E-state index contributed by atoms with van der Waals surface area (Å²) >= 11 is 1.54. The molecule has 1 amide bonds. The minimum atomic E-state index is -0.242. The predicted molar refractivity (Wildman–Crippen MR) is 90.9 cm³/mol. The molecule has 1 aliphatic heterocycles. The normalized spacial score (nSPS) is 15.4. The second-order valence-electron chi connectivity index (χ2n) is 5.95. The third kappa shape index (κ3) is 4.38. The number of thiazole rings is 1. The number of benzene rings is 1. The van der Waals surface area contributed by atoms with Crippen LogP contribution in [-0.2, 0) is 11.2 Å². The van der Waals surface area contributed by atoms with E-state index in [9.17, 15) is 9.18 Å². The number of hydrogen-bond donors (Lipinski definition) is 0. The van der Waals surface area contributed by atoms with E-state index in [-0.39, 0.29) is 11.7 Å². The van der Waals surface area contributed by atoms with Crippen molar-refractivity contribution in [3.63, 3.8) is 0 Å². The molecule has 5 heteroatoms. The third-order valence-electron chi connectivity index (χ3n) is 4.20. The summed E-state index contributed by atoms with van der Waals surface area (Å²) in [5, 5.41) is 2.87. The average Bonchev–Trinajstić information content (AvgIpc) is 2.86. The fourth-order valence-electron chi connectivity index (χ4n) is 2.86. The molecule has 122 valence electrons. The maximum Gasteiger partial charge on any atom is 0.222 e. The summed E-state index contributed by atoms with van der Waals surface area (Å²) in [6, 6.07) is 6.36. The lowest BCUT2D eigenvalue weighted by Gasteiger charge is -2.19. The molecular weight excluding hydrogens is 311 g/mol. The van der Waals surface area contributed by atoms with Crippen molar-refractivity contribution in [2.24, 2.45) is 0 Å². The van der Waals surface area contributed by atoms with Gasteiger partial charge < -0.3 is 4.90 Å². The molecule has 0 spiro atoms. The van der Waals surface area contributed by atoms with Gasteiger partial charge in [0.1, 0.15) is 10.8 Å². The van der Waals surface area contributed by atoms with Crippen LogP contribution in [0, 0.1) is 5.82 Å². The van der Waals surface area contributed by atoms with Crippen molar-refractivity contribution in [3.05, 3.63) is 41.2 Å². The first-order valence-corrected chi connectivity index (χ1v) is 9.08. The molecule has 0 bridgehead atoms. The van der Waals surface area contributed by atoms with E-state index in [0.717, 1.165) is 42.2 Å². The van der Waals surface area contributed by atoms with Gasteiger partial charge in [0.15, 0.2) is 0 Å². The lowest BCUT2D eigenvalue weighted by atomic mass is 10.2. The number of likely N-dealkylation sites (tertiary alicyclic amines) is 1. The molecule has 0 saturated carbocycles. The lowest BCUT2D eigenvalue weighted by Crippen LogP contribution is -2.31. The third-order valence-corrected chi connectivity index (χ3v) is 5.14. The van der Waals surface area contributed by atoms with Gasteiger partial charge >= 0.3 is 0 Å². The van der Waals surface area contributed by atoms with Gasteiger partial charge in [0.2, 0.25) is 5.91 Å². The van der Waals surface area contributed by atoms with Gasteiger partial charge in [0.25, 0.3) is 0 Å². The van der Waals surface area contributed by atoms with Crippen molar-refractivity contribution >= 4 is 17.2 Å². The van der Waals surface area contributed by atoms with Gasteiger partial charge in [-0.3, -0.25) is 4.79 Å². The molecule has 2 aromatic rings. The second kappa shape index (κ2) is 7.68. The number of amides is 1. The van der Waals surface area contributed by atoms with Gasteiger partial charge in [-0.15, -0.1) is 11.3 Å².